The summed E-state index contributed by atoms with van der Waals surface area (Å²) >= 11 is 7.14. The molecule has 9 heteroatoms. The Morgan fingerprint density at radius 3 is 2.62 bits per heavy atom. The van der Waals surface area contributed by atoms with Gasteiger partial charge in [0.25, 0.3) is 5.91 Å². The molecule has 1 amide bonds. The Bertz CT molecular complexity index is 749. The van der Waals surface area contributed by atoms with Gasteiger partial charge in [-0.15, -0.1) is 10.2 Å². The molecule has 0 bridgehead atoms. The number of hydrogen-bond donors (Lipinski definition) is 1. The second kappa shape index (κ2) is 10.2. The van der Waals surface area contributed by atoms with Crippen LogP contribution in [-0.4, -0.2) is 45.5 Å². The highest BCUT2D eigenvalue weighted by Gasteiger charge is 2.15. The fraction of sp³-hybridized carbons (Fsp3) is 0.412. The molecule has 140 valence electrons. The first kappa shape index (κ1) is 20.3. The molecule has 2 rings (SSSR count). The van der Waals surface area contributed by atoms with Crippen LogP contribution in [0.1, 0.15) is 20.3 Å². The zero-order chi connectivity index (χ0) is 18.9. The lowest BCUT2D eigenvalue weighted by molar-refractivity contribution is -0.145. The summed E-state index contributed by atoms with van der Waals surface area (Å²) in [6, 6.07) is 7.32. The molecule has 1 N–H and O–H groups in total. The highest BCUT2D eigenvalue weighted by Crippen LogP contribution is 2.25. The lowest BCUT2D eigenvalue weighted by Gasteiger charge is -2.08. The van der Waals surface area contributed by atoms with Crippen molar-refractivity contribution in [3.05, 3.63) is 29.3 Å². The molecule has 7 nitrogen and oxygen atoms in total. The summed E-state index contributed by atoms with van der Waals surface area (Å²) in [5, 5.41) is 12.3. The summed E-state index contributed by atoms with van der Waals surface area (Å²) in [7, 11) is 0. The summed E-state index contributed by atoms with van der Waals surface area (Å²) in [4.78, 5) is 23.2. The number of esters is 1. The molecule has 0 atom stereocenters. The van der Waals surface area contributed by atoms with Gasteiger partial charge < -0.3 is 14.6 Å². The summed E-state index contributed by atoms with van der Waals surface area (Å²) in [6.07, 6.45) is 0.832. The second-order valence-electron chi connectivity index (χ2n) is 5.36. The Morgan fingerprint density at radius 2 is 1.96 bits per heavy atom. The minimum absolute atomic E-state index is 0.0554. The van der Waals surface area contributed by atoms with Crippen molar-refractivity contribution in [1.82, 2.24) is 20.1 Å². The van der Waals surface area contributed by atoms with Crippen LogP contribution in [0.4, 0.5) is 0 Å². The van der Waals surface area contributed by atoms with Gasteiger partial charge in [0.05, 0.1) is 5.75 Å². The molecule has 26 heavy (non-hydrogen) atoms. The molecule has 2 aromatic rings. The average molecular weight is 397 g/mol. The number of rotatable bonds is 9. The van der Waals surface area contributed by atoms with E-state index < -0.39 is 5.97 Å². The third kappa shape index (κ3) is 5.74. The van der Waals surface area contributed by atoms with Crippen LogP contribution >= 0.6 is 23.4 Å². The van der Waals surface area contributed by atoms with Gasteiger partial charge in [-0.3, -0.25) is 9.59 Å². The number of carbonyl (C=O) groups excluding carboxylic acids is 2. The molecule has 0 fully saturated rings. The monoisotopic (exact) mass is 396 g/mol. The van der Waals surface area contributed by atoms with E-state index in [2.05, 4.69) is 15.5 Å². The molecular weight excluding hydrogens is 376 g/mol. The average Bonchev–Trinajstić information content (AvgIpc) is 3.06. The maximum Gasteiger partial charge on any atom is 0.316 e. The third-order valence-electron chi connectivity index (χ3n) is 3.39. The SMILES string of the molecule is CCCNC(=O)COC(=O)CSc1nnc(-c2ccc(Cl)cc2)n1CC. The number of nitrogens with one attached hydrogen (secondary N) is 1. The quantitative estimate of drug-likeness (QED) is 0.518. The van der Waals surface area contributed by atoms with Crippen LogP contribution in [0.15, 0.2) is 29.4 Å². The van der Waals surface area contributed by atoms with E-state index in [9.17, 15) is 9.59 Å². The topological polar surface area (TPSA) is 86.1 Å². The Morgan fingerprint density at radius 1 is 1.23 bits per heavy atom. The number of aromatic nitrogens is 3. The fourth-order valence-electron chi connectivity index (χ4n) is 2.12. The van der Waals surface area contributed by atoms with Crippen LogP contribution in [0.2, 0.25) is 5.02 Å². The van der Waals surface area contributed by atoms with E-state index in [4.69, 9.17) is 16.3 Å². The van der Waals surface area contributed by atoms with Gasteiger partial charge in [-0.05, 0) is 37.6 Å². The van der Waals surface area contributed by atoms with Crippen LogP contribution in [-0.2, 0) is 20.9 Å². The Hall–Kier alpha value is -2.06. The van der Waals surface area contributed by atoms with E-state index in [0.29, 0.717) is 29.1 Å². The van der Waals surface area contributed by atoms with Gasteiger partial charge in [0, 0.05) is 23.7 Å². The van der Waals surface area contributed by atoms with Crippen molar-refractivity contribution in [3.63, 3.8) is 0 Å². The summed E-state index contributed by atoms with van der Waals surface area (Å²) in [5.41, 5.74) is 0.894. The van der Waals surface area contributed by atoms with E-state index in [0.717, 1.165) is 12.0 Å². The maximum absolute atomic E-state index is 11.8. The van der Waals surface area contributed by atoms with E-state index >= 15 is 0 Å². The molecule has 0 spiro atoms. The van der Waals surface area contributed by atoms with E-state index in [-0.39, 0.29) is 18.3 Å². The molecule has 0 aliphatic carbocycles. The lowest BCUT2D eigenvalue weighted by Crippen LogP contribution is -2.29. The smallest absolute Gasteiger partial charge is 0.316 e. The number of halogens is 1. The van der Waals surface area contributed by atoms with Crippen molar-refractivity contribution in [2.45, 2.75) is 32.0 Å². The first-order valence-electron chi connectivity index (χ1n) is 8.29. The van der Waals surface area contributed by atoms with Crippen molar-refractivity contribution >= 4 is 35.2 Å². The number of amides is 1. The third-order valence-corrected chi connectivity index (χ3v) is 4.58. The zero-order valence-corrected chi connectivity index (χ0v) is 16.3. The molecule has 0 saturated heterocycles. The van der Waals surface area contributed by atoms with Gasteiger partial charge in [-0.25, -0.2) is 0 Å². The molecule has 0 saturated carbocycles. The molecule has 0 aliphatic rings. The van der Waals surface area contributed by atoms with Gasteiger partial charge in [-0.2, -0.15) is 0 Å². The molecule has 0 unspecified atom stereocenters. The number of benzene rings is 1. The van der Waals surface area contributed by atoms with Crippen LogP contribution < -0.4 is 5.32 Å². The van der Waals surface area contributed by atoms with Crippen LogP contribution in [0.3, 0.4) is 0 Å². The van der Waals surface area contributed by atoms with Gasteiger partial charge in [-0.1, -0.05) is 30.3 Å². The Balaban J connectivity index is 1.92. The highest BCUT2D eigenvalue weighted by molar-refractivity contribution is 7.99. The predicted molar refractivity (Wildman–Crippen MR) is 101 cm³/mol. The molecule has 1 aromatic carbocycles. The maximum atomic E-state index is 11.8. The minimum Gasteiger partial charge on any atom is -0.455 e. The van der Waals surface area contributed by atoms with E-state index in [1.807, 2.05) is 30.5 Å². The van der Waals surface area contributed by atoms with Crippen LogP contribution in [0.5, 0.6) is 0 Å². The number of thioether (sulfide) groups is 1. The normalized spacial score (nSPS) is 10.6. The zero-order valence-electron chi connectivity index (χ0n) is 14.7. The molecular formula is C17H21ClN4O3S. The molecule has 1 aromatic heterocycles. The number of hydrogen-bond acceptors (Lipinski definition) is 6. The predicted octanol–water partition coefficient (Wildman–Crippen LogP) is 2.78. The first-order chi connectivity index (χ1) is 12.5. The van der Waals surface area contributed by atoms with Gasteiger partial charge in [0.15, 0.2) is 17.6 Å². The molecule has 1 heterocycles. The summed E-state index contributed by atoms with van der Waals surface area (Å²) in [6.45, 7) is 4.88. The van der Waals surface area contributed by atoms with Gasteiger partial charge in [0.1, 0.15) is 0 Å². The Labute approximate surface area is 161 Å². The Kier molecular flexibility index (Phi) is 7.93. The minimum atomic E-state index is -0.472. The van der Waals surface area contributed by atoms with Crippen molar-refractivity contribution in [1.29, 1.82) is 0 Å². The second-order valence-corrected chi connectivity index (χ2v) is 6.74. The number of carbonyl (C=O) groups is 2. The lowest BCUT2D eigenvalue weighted by atomic mass is 10.2. The van der Waals surface area contributed by atoms with Crippen molar-refractivity contribution < 1.29 is 14.3 Å². The van der Waals surface area contributed by atoms with Crippen molar-refractivity contribution in [2.75, 3.05) is 18.9 Å². The van der Waals surface area contributed by atoms with Crippen molar-refractivity contribution in [3.8, 4) is 11.4 Å². The standard InChI is InChI=1S/C17H21ClN4O3S/c1-3-9-19-14(23)10-25-15(24)11-26-17-21-20-16(22(17)4-2)12-5-7-13(18)8-6-12/h5-8H,3-4,9-11H2,1-2H3,(H,19,23). The highest BCUT2D eigenvalue weighted by atomic mass is 35.5. The summed E-state index contributed by atoms with van der Waals surface area (Å²) < 4.78 is 6.87. The fourth-order valence-corrected chi connectivity index (χ4v) is 3.05. The van der Waals surface area contributed by atoms with Gasteiger partial charge >= 0.3 is 5.97 Å². The van der Waals surface area contributed by atoms with Crippen molar-refractivity contribution in [2.24, 2.45) is 0 Å². The van der Waals surface area contributed by atoms with Crippen LogP contribution in [0.25, 0.3) is 11.4 Å². The number of ether oxygens (including phenoxy) is 1. The first-order valence-corrected chi connectivity index (χ1v) is 9.65. The molecule has 0 radical (unpaired) electrons. The number of nitrogens with zero attached hydrogens (tertiary/aromatic N) is 3. The van der Waals surface area contributed by atoms with E-state index in [1.165, 1.54) is 11.8 Å². The van der Waals surface area contributed by atoms with E-state index in [1.54, 1.807) is 12.1 Å². The largest absolute Gasteiger partial charge is 0.455 e. The van der Waals surface area contributed by atoms with Gasteiger partial charge in [0.2, 0.25) is 0 Å². The van der Waals surface area contributed by atoms with Crippen LogP contribution in [0, 0.1) is 0 Å². The molecule has 0 aliphatic heterocycles. The summed E-state index contributed by atoms with van der Waals surface area (Å²) in [5.74, 6) is -0.00827.